The van der Waals surface area contributed by atoms with Crippen molar-refractivity contribution in [2.45, 2.75) is 19.4 Å². The van der Waals surface area contributed by atoms with Gasteiger partial charge in [0.25, 0.3) is 5.91 Å². The first-order chi connectivity index (χ1) is 14.0. The molecule has 1 unspecified atom stereocenters. The number of anilines is 2. The molecule has 0 saturated carbocycles. The lowest BCUT2D eigenvalue weighted by Crippen LogP contribution is -2.45. The van der Waals surface area contributed by atoms with Crippen LogP contribution in [0.2, 0.25) is 0 Å². The van der Waals surface area contributed by atoms with Gasteiger partial charge in [-0.1, -0.05) is 36.4 Å². The lowest BCUT2D eigenvalue weighted by Gasteiger charge is -2.18. The maximum Gasteiger partial charge on any atom is 0.287 e. The predicted molar refractivity (Wildman–Crippen MR) is 109 cm³/mol. The number of hydrogen-bond donors (Lipinski definition) is 3. The van der Waals surface area contributed by atoms with E-state index in [0.717, 1.165) is 5.56 Å². The Kier molecular flexibility index (Phi) is 6.42. The first-order valence-corrected chi connectivity index (χ1v) is 9.08. The van der Waals surface area contributed by atoms with Crippen molar-refractivity contribution in [3.05, 3.63) is 84.3 Å². The van der Waals surface area contributed by atoms with Crippen LogP contribution in [-0.4, -0.2) is 23.8 Å². The number of carbonyl (C=O) groups excluding carboxylic acids is 3. The van der Waals surface area contributed by atoms with E-state index < -0.39 is 11.9 Å². The van der Waals surface area contributed by atoms with E-state index in [1.165, 1.54) is 19.3 Å². The van der Waals surface area contributed by atoms with E-state index >= 15 is 0 Å². The molecule has 3 aromatic rings. The van der Waals surface area contributed by atoms with Crippen molar-refractivity contribution in [1.82, 2.24) is 5.32 Å². The van der Waals surface area contributed by atoms with Gasteiger partial charge >= 0.3 is 0 Å². The Morgan fingerprint density at radius 3 is 2.28 bits per heavy atom. The number of hydrogen-bond acceptors (Lipinski definition) is 4. The van der Waals surface area contributed by atoms with E-state index in [4.69, 9.17) is 4.42 Å². The van der Waals surface area contributed by atoms with Gasteiger partial charge in [0.05, 0.1) is 6.26 Å². The molecule has 1 aromatic heterocycles. The summed E-state index contributed by atoms with van der Waals surface area (Å²) in [7, 11) is 0. The van der Waals surface area contributed by atoms with Crippen LogP contribution in [0.1, 0.15) is 23.0 Å². The van der Waals surface area contributed by atoms with Gasteiger partial charge in [-0.15, -0.1) is 0 Å². The topological polar surface area (TPSA) is 100 Å². The van der Waals surface area contributed by atoms with E-state index in [-0.39, 0.29) is 17.6 Å². The first-order valence-electron chi connectivity index (χ1n) is 9.08. The monoisotopic (exact) mass is 391 g/mol. The van der Waals surface area contributed by atoms with Crippen LogP contribution in [-0.2, 0) is 16.0 Å². The highest BCUT2D eigenvalue weighted by Gasteiger charge is 2.23. The van der Waals surface area contributed by atoms with Gasteiger partial charge in [-0.05, 0) is 35.9 Å². The van der Waals surface area contributed by atoms with Crippen LogP contribution in [0, 0.1) is 0 Å². The third-order valence-corrected chi connectivity index (χ3v) is 4.10. The minimum absolute atomic E-state index is 0.128. The van der Waals surface area contributed by atoms with Gasteiger partial charge in [-0.3, -0.25) is 14.4 Å². The molecule has 1 atom stereocenters. The average Bonchev–Trinajstić information content (AvgIpc) is 3.23. The fraction of sp³-hybridized carbons (Fsp3) is 0.136. The van der Waals surface area contributed by atoms with Crippen molar-refractivity contribution in [3.63, 3.8) is 0 Å². The summed E-state index contributed by atoms with van der Waals surface area (Å²) >= 11 is 0. The second-order valence-electron chi connectivity index (χ2n) is 6.44. The van der Waals surface area contributed by atoms with E-state index in [9.17, 15) is 14.4 Å². The predicted octanol–water partition coefficient (Wildman–Crippen LogP) is 3.22. The summed E-state index contributed by atoms with van der Waals surface area (Å²) < 4.78 is 5.11. The molecule has 1 heterocycles. The van der Waals surface area contributed by atoms with Crippen LogP contribution in [0.15, 0.2) is 77.4 Å². The molecule has 0 aliphatic carbocycles. The fourth-order valence-electron chi connectivity index (χ4n) is 2.80. The maximum atomic E-state index is 12.9. The van der Waals surface area contributed by atoms with E-state index in [2.05, 4.69) is 16.0 Å². The van der Waals surface area contributed by atoms with Gasteiger partial charge in [0.15, 0.2) is 5.76 Å². The van der Waals surface area contributed by atoms with Gasteiger partial charge in [0.1, 0.15) is 6.04 Å². The molecular formula is C22H21N3O4. The highest BCUT2D eigenvalue weighted by molar-refractivity contribution is 6.00. The second-order valence-corrected chi connectivity index (χ2v) is 6.44. The van der Waals surface area contributed by atoms with Crippen LogP contribution < -0.4 is 16.0 Å². The van der Waals surface area contributed by atoms with Crippen molar-refractivity contribution in [2.24, 2.45) is 0 Å². The van der Waals surface area contributed by atoms with Crippen molar-refractivity contribution < 1.29 is 18.8 Å². The molecule has 3 N–H and O–H groups in total. The third kappa shape index (κ3) is 5.80. The highest BCUT2D eigenvalue weighted by Crippen LogP contribution is 2.16. The molecule has 0 saturated heterocycles. The van der Waals surface area contributed by atoms with Gasteiger partial charge < -0.3 is 20.4 Å². The van der Waals surface area contributed by atoms with E-state index in [1.807, 2.05) is 30.3 Å². The average molecular weight is 391 g/mol. The summed E-state index contributed by atoms with van der Waals surface area (Å²) in [4.78, 5) is 36.6. The number of rotatable bonds is 7. The Hall–Kier alpha value is -3.87. The SMILES string of the molecule is CC(=O)Nc1cccc(NC(=O)C(Cc2ccccc2)NC(=O)c2ccco2)c1. The second kappa shape index (κ2) is 9.36. The molecule has 3 rings (SSSR count). The summed E-state index contributed by atoms with van der Waals surface area (Å²) in [6, 6.07) is 18.5. The van der Waals surface area contributed by atoms with Crippen molar-refractivity contribution >= 4 is 29.1 Å². The highest BCUT2D eigenvalue weighted by atomic mass is 16.3. The zero-order chi connectivity index (χ0) is 20.6. The molecule has 29 heavy (non-hydrogen) atoms. The number of amides is 3. The van der Waals surface area contributed by atoms with E-state index in [0.29, 0.717) is 17.8 Å². The number of nitrogens with one attached hydrogen (secondary N) is 3. The fourth-order valence-corrected chi connectivity index (χ4v) is 2.80. The lowest BCUT2D eigenvalue weighted by molar-refractivity contribution is -0.118. The summed E-state index contributed by atoms with van der Waals surface area (Å²) in [5, 5.41) is 8.18. The van der Waals surface area contributed by atoms with Crippen LogP contribution in [0.3, 0.4) is 0 Å². The van der Waals surface area contributed by atoms with Gasteiger partial charge in [0.2, 0.25) is 11.8 Å². The van der Waals surface area contributed by atoms with Crippen molar-refractivity contribution in [1.29, 1.82) is 0 Å². The van der Waals surface area contributed by atoms with Crippen molar-refractivity contribution in [3.8, 4) is 0 Å². The molecular weight excluding hydrogens is 370 g/mol. The Morgan fingerprint density at radius 1 is 0.897 bits per heavy atom. The largest absolute Gasteiger partial charge is 0.459 e. The zero-order valence-electron chi connectivity index (χ0n) is 15.8. The number of furan rings is 1. The molecule has 0 fully saturated rings. The normalized spacial score (nSPS) is 11.3. The zero-order valence-corrected chi connectivity index (χ0v) is 15.8. The van der Waals surface area contributed by atoms with Crippen LogP contribution >= 0.6 is 0 Å². The van der Waals surface area contributed by atoms with Gasteiger partial charge in [-0.2, -0.15) is 0 Å². The van der Waals surface area contributed by atoms with Gasteiger partial charge in [0, 0.05) is 24.7 Å². The molecule has 7 heteroatoms. The molecule has 0 bridgehead atoms. The molecule has 7 nitrogen and oxygen atoms in total. The summed E-state index contributed by atoms with van der Waals surface area (Å²) in [5.41, 5.74) is 1.97. The standard InChI is InChI=1S/C22H21N3O4/c1-15(26)23-17-9-5-10-18(14-17)24-21(27)19(13-16-7-3-2-4-8-16)25-22(28)20-11-6-12-29-20/h2-12,14,19H,13H2,1H3,(H,23,26)(H,24,27)(H,25,28). The molecule has 148 valence electrons. The molecule has 2 aromatic carbocycles. The number of carbonyl (C=O) groups is 3. The van der Waals surface area contributed by atoms with Gasteiger partial charge in [-0.25, -0.2) is 0 Å². The minimum Gasteiger partial charge on any atom is -0.459 e. The van der Waals surface area contributed by atoms with Crippen LogP contribution in [0.4, 0.5) is 11.4 Å². The quantitative estimate of drug-likeness (QED) is 0.576. The maximum absolute atomic E-state index is 12.9. The summed E-state index contributed by atoms with van der Waals surface area (Å²) in [6.07, 6.45) is 1.71. The molecule has 0 spiro atoms. The Balaban J connectivity index is 1.76. The molecule has 3 amide bonds. The smallest absolute Gasteiger partial charge is 0.287 e. The first kappa shape index (κ1) is 19.9. The third-order valence-electron chi connectivity index (χ3n) is 4.10. The molecule has 0 radical (unpaired) electrons. The lowest BCUT2D eigenvalue weighted by atomic mass is 10.0. The Bertz CT molecular complexity index is 984. The van der Waals surface area contributed by atoms with Crippen LogP contribution in [0.5, 0.6) is 0 Å². The van der Waals surface area contributed by atoms with Crippen LogP contribution in [0.25, 0.3) is 0 Å². The molecule has 0 aliphatic rings. The van der Waals surface area contributed by atoms with Crippen molar-refractivity contribution in [2.75, 3.05) is 10.6 Å². The Labute approximate surface area is 168 Å². The van der Waals surface area contributed by atoms with E-state index in [1.54, 1.807) is 30.3 Å². The molecule has 0 aliphatic heterocycles. The minimum atomic E-state index is -0.820. The number of benzene rings is 2. The summed E-state index contributed by atoms with van der Waals surface area (Å²) in [5.74, 6) is -0.934. The summed E-state index contributed by atoms with van der Waals surface area (Å²) in [6.45, 7) is 1.41. The Morgan fingerprint density at radius 2 is 1.62 bits per heavy atom.